The van der Waals surface area contributed by atoms with Crippen molar-refractivity contribution in [2.75, 3.05) is 5.32 Å². The second-order valence-corrected chi connectivity index (χ2v) is 9.17. The number of amides is 1. The number of aryl methyl sites for hydroxylation is 3. The molecule has 0 aliphatic rings. The highest BCUT2D eigenvalue weighted by Gasteiger charge is 2.20. The van der Waals surface area contributed by atoms with Gasteiger partial charge in [-0.2, -0.15) is 10.2 Å². The number of carbonyl (C=O) groups is 1. The van der Waals surface area contributed by atoms with E-state index in [-0.39, 0.29) is 5.91 Å². The molecule has 182 valence electrons. The highest BCUT2D eigenvalue weighted by atomic mass is 35.5. The van der Waals surface area contributed by atoms with E-state index in [1.807, 2.05) is 58.3 Å². The Morgan fingerprint density at radius 2 is 1.83 bits per heavy atom. The molecule has 0 saturated heterocycles. The first-order valence-electron chi connectivity index (χ1n) is 11.4. The number of nitrogens with one attached hydrogen (secondary N) is 1. The van der Waals surface area contributed by atoms with E-state index in [2.05, 4.69) is 15.5 Å². The molecule has 7 nitrogen and oxygen atoms in total. The first-order chi connectivity index (χ1) is 17.2. The Morgan fingerprint density at radius 1 is 1.06 bits per heavy atom. The van der Waals surface area contributed by atoms with Crippen molar-refractivity contribution in [3.05, 3.63) is 93.8 Å². The third-order valence-electron chi connectivity index (χ3n) is 6.21. The summed E-state index contributed by atoms with van der Waals surface area (Å²) in [5.41, 5.74) is 6.40. The molecule has 0 aliphatic heterocycles. The standard InChI is InChI=1S/C27H24ClFN6O/c1-15-22(14-34(4)32-15)25-12-21(20-7-5-6-8-24(20)30-25)27(36)31-26-16(2)33-35(17(26)3)13-18-9-10-19(29)11-23(18)28/h5-12,14H,13H2,1-4H3,(H,31,36). The minimum atomic E-state index is -0.393. The number of rotatable bonds is 5. The predicted molar refractivity (Wildman–Crippen MR) is 139 cm³/mol. The minimum Gasteiger partial charge on any atom is -0.319 e. The van der Waals surface area contributed by atoms with Crippen LogP contribution in [0.1, 0.15) is 33.0 Å². The first-order valence-corrected chi connectivity index (χ1v) is 11.8. The number of benzene rings is 2. The molecule has 1 N–H and O–H groups in total. The summed E-state index contributed by atoms with van der Waals surface area (Å²) in [4.78, 5) is 18.4. The summed E-state index contributed by atoms with van der Waals surface area (Å²) >= 11 is 6.21. The molecule has 0 fully saturated rings. The average molecular weight is 503 g/mol. The summed E-state index contributed by atoms with van der Waals surface area (Å²) < 4.78 is 16.9. The van der Waals surface area contributed by atoms with Crippen LogP contribution in [0, 0.1) is 26.6 Å². The average Bonchev–Trinajstić information content (AvgIpc) is 3.32. The minimum absolute atomic E-state index is 0.262. The molecule has 3 aromatic heterocycles. The lowest BCUT2D eigenvalue weighted by molar-refractivity contribution is 0.102. The monoisotopic (exact) mass is 502 g/mol. The van der Waals surface area contributed by atoms with Gasteiger partial charge in [-0.25, -0.2) is 9.37 Å². The molecule has 5 aromatic rings. The molecule has 1 amide bonds. The van der Waals surface area contributed by atoms with Crippen molar-refractivity contribution >= 4 is 34.1 Å². The van der Waals surface area contributed by atoms with Gasteiger partial charge >= 0.3 is 0 Å². The van der Waals surface area contributed by atoms with E-state index in [4.69, 9.17) is 16.6 Å². The first kappa shape index (κ1) is 23.7. The Kier molecular flexibility index (Phi) is 6.05. The Labute approximate surface area is 212 Å². The Morgan fingerprint density at radius 3 is 2.56 bits per heavy atom. The number of hydrogen-bond acceptors (Lipinski definition) is 4. The summed E-state index contributed by atoms with van der Waals surface area (Å²) in [6.45, 7) is 5.98. The SMILES string of the molecule is Cc1nn(C)cc1-c1cc(C(=O)Nc2c(C)nn(Cc3ccc(F)cc3Cl)c2C)c2ccccc2n1. The highest BCUT2D eigenvalue weighted by Crippen LogP contribution is 2.29. The number of anilines is 1. The lowest BCUT2D eigenvalue weighted by Crippen LogP contribution is -2.14. The summed E-state index contributed by atoms with van der Waals surface area (Å²) in [5, 5.41) is 13.1. The number of carbonyl (C=O) groups excluding carboxylic acids is 1. The molecular formula is C27H24ClFN6O. The maximum Gasteiger partial charge on any atom is 0.256 e. The zero-order valence-corrected chi connectivity index (χ0v) is 21.1. The number of aromatic nitrogens is 5. The normalized spacial score (nSPS) is 11.3. The summed E-state index contributed by atoms with van der Waals surface area (Å²) in [6.07, 6.45) is 1.90. The maximum atomic E-state index is 13.6. The molecule has 0 bridgehead atoms. The van der Waals surface area contributed by atoms with Crippen molar-refractivity contribution in [1.82, 2.24) is 24.5 Å². The maximum absolute atomic E-state index is 13.6. The number of pyridine rings is 1. The van der Waals surface area contributed by atoms with Crippen LogP contribution in [-0.4, -0.2) is 30.5 Å². The van der Waals surface area contributed by atoms with E-state index in [9.17, 15) is 9.18 Å². The van der Waals surface area contributed by atoms with E-state index in [1.165, 1.54) is 12.1 Å². The topological polar surface area (TPSA) is 77.6 Å². The zero-order valence-electron chi connectivity index (χ0n) is 20.3. The number of para-hydroxylation sites is 1. The van der Waals surface area contributed by atoms with Crippen LogP contribution in [0.2, 0.25) is 5.02 Å². The lowest BCUT2D eigenvalue weighted by Gasteiger charge is -2.11. The van der Waals surface area contributed by atoms with Gasteiger partial charge < -0.3 is 5.32 Å². The predicted octanol–water partition coefficient (Wildman–Crippen LogP) is 5.85. The van der Waals surface area contributed by atoms with Crippen LogP contribution >= 0.6 is 11.6 Å². The van der Waals surface area contributed by atoms with Crippen LogP contribution in [0.15, 0.2) is 54.7 Å². The molecule has 2 aromatic carbocycles. The van der Waals surface area contributed by atoms with Crippen LogP contribution in [0.25, 0.3) is 22.2 Å². The van der Waals surface area contributed by atoms with Gasteiger partial charge in [-0.3, -0.25) is 14.2 Å². The second-order valence-electron chi connectivity index (χ2n) is 8.77. The molecule has 0 spiro atoms. The van der Waals surface area contributed by atoms with E-state index in [0.29, 0.717) is 34.2 Å². The summed E-state index contributed by atoms with van der Waals surface area (Å²) in [7, 11) is 1.85. The fourth-order valence-electron chi connectivity index (χ4n) is 4.38. The van der Waals surface area contributed by atoms with Gasteiger partial charge in [-0.05, 0) is 50.6 Å². The van der Waals surface area contributed by atoms with E-state index in [1.54, 1.807) is 21.5 Å². The largest absolute Gasteiger partial charge is 0.319 e. The molecule has 36 heavy (non-hydrogen) atoms. The number of hydrogen-bond donors (Lipinski definition) is 1. The zero-order chi connectivity index (χ0) is 25.6. The Bertz CT molecular complexity index is 1640. The molecule has 0 radical (unpaired) electrons. The fraction of sp³-hybridized carbons (Fsp3) is 0.185. The third-order valence-corrected chi connectivity index (χ3v) is 6.56. The number of nitrogens with zero attached hydrogens (tertiary/aromatic N) is 5. The van der Waals surface area contributed by atoms with Crippen LogP contribution in [0.4, 0.5) is 10.1 Å². The molecular weight excluding hydrogens is 479 g/mol. The van der Waals surface area contributed by atoms with Gasteiger partial charge in [0.05, 0.1) is 46.1 Å². The van der Waals surface area contributed by atoms with Crippen LogP contribution in [0.5, 0.6) is 0 Å². The third kappa shape index (κ3) is 4.35. The molecule has 5 rings (SSSR count). The van der Waals surface area contributed by atoms with Gasteiger partial charge in [-0.1, -0.05) is 35.9 Å². The van der Waals surface area contributed by atoms with Crippen molar-refractivity contribution in [2.24, 2.45) is 7.05 Å². The second kappa shape index (κ2) is 9.20. The van der Waals surface area contributed by atoms with Crippen molar-refractivity contribution < 1.29 is 9.18 Å². The molecule has 0 saturated carbocycles. The van der Waals surface area contributed by atoms with Gasteiger partial charge in [-0.15, -0.1) is 0 Å². The summed E-state index contributed by atoms with van der Waals surface area (Å²) in [6, 6.07) is 13.6. The molecule has 0 atom stereocenters. The number of halogens is 2. The van der Waals surface area contributed by atoms with Crippen LogP contribution in [0.3, 0.4) is 0 Å². The van der Waals surface area contributed by atoms with Gasteiger partial charge in [0.15, 0.2) is 0 Å². The smallest absolute Gasteiger partial charge is 0.256 e. The van der Waals surface area contributed by atoms with E-state index in [0.717, 1.165) is 33.4 Å². The number of fused-ring (bicyclic) bond motifs is 1. The van der Waals surface area contributed by atoms with Crippen molar-refractivity contribution in [3.63, 3.8) is 0 Å². The Balaban J connectivity index is 1.51. The van der Waals surface area contributed by atoms with Gasteiger partial charge in [0.2, 0.25) is 0 Å². The van der Waals surface area contributed by atoms with Crippen molar-refractivity contribution in [2.45, 2.75) is 27.3 Å². The van der Waals surface area contributed by atoms with Gasteiger partial charge in [0, 0.05) is 29.2 Å². The van der Waals surface area contributed by atoms with Gasteiger partial charge in [0.25, 0.3) is 5.91 Å². The summed E-state index contributed by atoms with van der Waals surface area (Å²) in [5.74, 6) is -0.655. The lowest BCUT2D eigenvalue weighted by atomic mass is 10.0. The van der Waals surface area contributed by atoms with E-state index < -0.39 is 5.82 Å². The quantitative estimate of drug-likeness (QED) is 0.327. The van der Waals surface area contributed by atoms with Crippen LogP contribution in [-0.2, 0) is 13.6 Å². The van der Waals surface area contributed by atoms with Crippen molar-refractivity contribution in [1.29, 1.82) is 0 Å². The molecule has 0 unspecified atom stereocenters. The van der Waals surface area contributed by atoms with Crippen LogP contribution < -0.4 is 5.32 Å². The van der Waals surface area contributed by atoms with E-state index >= 15 is 0 Å². The fourth-order valence-corrected chi connectivity index (χ4v) is 4.60. The van der Waals surface area contributed by atoms with Gasteiger partial charge in [0.1, 0.15) is 5.82 Å². The molecule has 0 aliphatic carbocycles. The Hall–Kier alpha value is -4.04. The van der Waals surface area contributed by atoms with Crippen molar-refractivity contribution in [3.8, 4) is 11.3 Å². The molecule has 9 heteroatoms. The highest BCUT2D eigenvalue weighted by molar-refractivity contribution is 6.31. The molecule has 3 heterocycles.